The van der Waals surface area contributed by atoms with Gasteiger partial charge in [0.15, 0.2) is 0 Å². The maximum Gasteiger partial charge on any atom is 0.254 e. The molecular weight excluding hydrogens is 231 g/mol. The second-order valence-electron chi connectivity index (χ2n) is 3.14. The van der Waals surface area contributed by atoms with Gasteiger partial charge in [0.05, 0.1) is 10.6 Å². The third-order valence-electron chi connectivity index (χ3n) is 1.85. The number of aromatic hydroxyl groups is 1. The zero-order valence-electron chi connectivity index (χ0n) is 8.37. The summed E-state index contributed by atoms with van der Waals surface area (Å²) in [5.41, 5.74) is 5.12. The van der Waals surface area contributed by atoms with Crippen LogP contribution in [0.1, 0.15) is 16.8 Å². The van der Waals surface area contributed by atoms with E-state index in [4.69, 9.17) is 10.8 Å². The molecule has 0 saturated carbocycles. The normalized spacial score (nSPS) is 9.81. The van der Waals surface area contributed by atoms with Crippen molar-refractivity contribution in [2.75, 3.05) is 6.54 Å². The van der Waals surface area contributed by atoms with E-state index in [-0.39, 0.29) is 22.8 Å². The standard InChI is InChI=1S/C10H11FN2O2S/c11-8-5-6(14)1-2-7(8)10(15)13-4-3-9(12)16/h1-2,5,14H,3-4H2,(H2,12,16)(H,13,15). The van der Waals surface area contributed by atoms with Crippen molar-refractivity contribution in [2.45, 2.75) is 6.42 Å². The number of phenols is 1. The second kappa shape index (κ2) is 5.41. The molecule has 0 aliphatic rings. The van der Waals surface area contributed by atoms with Crippen molar-refractivity contribution in [1.29, 1.82) is 0 Å². The van der Waals surface area contributed by atoms with E-state index in [9.17, 15) is 9.18 Å². The molecule has 0 aliphatic heterocycles. The lowest BCUT2D eigenvalue weighted by atomic mass is 10.2. The molecule has 0 unspecified atom stereocenters. The van der Waals surface area contributed by atoms with Crippen LogP contribution in [-0.2, 0) is 0 Å². The van der Waals surface area contributed by atoms with Gasteiger partial charge < -0.3 is 16.2 Å². The quantitative estimate of drug-likeness (QED) is 0.687. The monoisotopic (exact) mass is 242 g/mol. The average Bonchev–Trinajstić information content (AvgIpc) is 2.16. The molecule has 1 amide bonds. The van der Waals surface area contributed by atoms with Crippen molar-refractivity contribution < 1.29 is 14.3 Å². The zero-order chi connectivity index (χ0) is 12.1. The second-order valence-corrected chi connectivity index (χ2v) is 3.66. The Balaban J connectivity index is 2.63. The first-order chi connectivity index (χ1) is 7.50. The highest BCUT2D eigenvalue weighted by Crippen LogP contribution is 2.14. The number of halogens is 1. The van der Waals surface area contributed by atoms with Gasteiger partial charge in [-0.05, 0) is 12.1 Å². The number of nitrogens with one attached hydrogen (secondary N) is 1. The van der Waals surface area contributed by atoms with Crippen LogP contribution < -0.4 is 11.1 Å². The Morgan fingerprint density at radius 1 is 1.56 bits per heavy atom. The van der Waals surface area contributed by atoms with Crippen molar-refractivity contribution in [3.8, 4) is 5.75 Å². The lowest BCUT2D eigenvalue weighted by Gasteiger charge is -2.05. The zero-order valence-corrected chi connectivity index (χ0v) is 9.18. The molecule has 16 heavy (non-hydrogen) atoms. The topological polar surface area (TPSA) is 75.3 Å². The van der Waals surface area contributed by atoms with E-state index in [1.54, 1.807) is 0 Å². The van der Waals surface area contributed by atoms with Crippen LogP contribution in [0.2, 0.25) is 0 Å². The number of carbonyl (C=O) groups is 1. The number of carbonyl (C=O) groups excluding carboxylic acids is 1. The Morgan fingerprint density at radius 2 is 2.25 bits per heavy atom. The maximum absolute atomic E-state index is 13.2. The van der Waals surface area contributed by atoms with Crippen LogP contribution >= 0.6 is 12.2 Å². The summed E-state index contributed by atoms with van der Waals surface area (Å²) in [5, 5.41) is 11.4. The van der Waals surface area contributed by atoms with Crippen molar-refractivity contribution >= 4 is 23.1 Å². The molecule has 1 rings (SSSR count). The molecule has 0 spiro atoms. The molecule has 0 heterocycles. The van der Waals surface area contributed by atoms with E-state index in [1.165, 1.54) is 12.1 Å². The van der Waals surface area contributed by atoms with Crippen molar-refractivity contribution in [2.24, 2.45) is 5.73 Å². The molecule has 6 heteroatoms. The lowest BCUT2D eigenvalue weighted by Crippen LogP contribution is -2.27. The van der Waals surface area contributed by atoms with E-state index in [0.717, 1.165) is 6.07 Å². The maximum atomic E-state index is 13.2. The van der Waals surface area contributed by atoms with Gasteiger partial charge in [0.1, 0.15) is 11.6 Å². The number of thiocarbonyl (C=S) groups is 1. The van der Waals surface area contributed by atoms with Gasteiger partial charge in [-0.1, -0.05) is 12.2 Å². The van der Waals surface area contributed by atoms with Gasteiger partial charge in [-0.3, -0.25) is 4.79 Å². The summed E-state index contributed by atoms with van der Waals surface area (Å²) in [4.78, 5) is 11.7. The molecule has 0 fully saturated rings. The SMILES string of the molecule is NC(=S)CCNC(=O)c1ccc(O)cc1F. The van der Waals surface area contributed by atoms with Gasteiger partial charge in [-0.2, -0.15) is 0 Å². The molecule has 1 aromatic rings. The fraction of sp³-hybridized carbons (Fsp3) is 0.200. The number of hydrogen-bond acceptors (Lipinski definition) is 3. The first kappa shape index (κ1) is 12.4. The molecule has 4 nitrogen and oxygen atoms in total. The minimum Gasteiger partial charge on any atom is -0.508 e. The molecule has 0 aromatic heterocycles. The van der Waals surface area contributed by atoms with E-state index >= 15 is 0 Å². The summed E-state index contributed by atoms with van der Waals surface area (Å²) in [6, 6.07) is 3.33. The summed E-state index contributed by atoms with van der Waals surface area (Å²) < 4.78 is 13.2. The fourth-order valence-electron chi connectivity index (χ4n) is 1.08. The number of hydrogen-bond donors (Lipinski definition) is 3. The number of phenolic OH excluding ortho intramolecular Hbond substituents is 1. The molecule has 0 saturated heterocycles. The minimum atomic E-state index is -0.771. The van der Waals surface area contributed by atoms with E-state index in [0.29, 0.717) is 6.42 Å². The van der Waals surface area contributed by atoms with Crippen LogP contribution in [0.5, 0.6) is 5.75 Å². The first-order valence-corrected chi connectivity index (χ1v) is 4.96. The lowest BCUT2D eigenvalue weighted by molar-refractivity contribution is 0.0951. The largest absolute Gasteiger partial charge is 0.508 e. The van der Waals surface area contributed by atoms with E-state index < -0.39 is 11.7 Å². The number of nitrogens with two attached hydrogens (primary N) is 1. The third-order valence-corrected chi connectivity index (χ3v) is 2.06. The van der Waals surface area contributed by atoms with Crippen LogP contribution in [-0.4, -0.2) is 22.5 Å². The minimum absolute atomic E-state index is 0.124. The molecular formula is C10H11FN2O2S. The first-order valence-electron chi connectivity index (χ1n) is 4.55. The van der Waals surface area contributed by atoms with Gasteiger partial charge in [0.25, 0.3) is 5.91 Å². The van der Waals surface area contributed by atoms with Gasteiger partial charge in [0, 0.05) is 19.0 Å². The summed E-state index contributed by atoms with van der Waals surface area (Å²) in [6.07, 6.45) is 0.362. The highest BCUT2D eigenvalue weighted by Gasteiger charge is 2.11. The van der Waals surface area contributed by atoms with Crippen molar-refractivity contribution in [1.82, 2.24) is 5.32 Å². The smallest absolute Gasteiger partial charge is 0.254 e. The molecule has 0 radical (unpaired) electrons. The van der Waals surface area contributed by atoms with Crippen LogP contribution in [0.15, 0.2) is 18.2 Å². The molecule has 0 bridgehead atoms. The third kappa shape index (κ3) is 3.47. The molecule has 4 N–H and O–H groups in total. The summed E-state index contributed by atoms with van der Waals surface area (Å²) in [5.74, 6) is -1.56. The average molecular weight is 242 g/mol. The van der Waals surface area contributed by atoms with Crippen molar-refractivity contribution in [3.05, 3.63) is 29.6 Å². The van der Waals surface area contributed by atoms with Gasteiger partial charge in [0.2, 0.25) is 0 Å². The van der Waals surface area contributed by atoms with Crippen molar-refractivity contribution in [3.63, 3.8) is 0 Å². The Kier molecular flexibility index (Phi) is 4.19. The van der Waals surface area contributed by atoms with Crippen LogP contribution in [0.25, 0.3) is 0 Å². The van der Waals surface area contributed by atoms with Crippen LogP contribution in [0.3, 0.4) is 0 Å². The Labute approximate surface area is 97.3 Å². The number of rotatable bonds is 4. The highest BCUT2D eigenvalue weighted by atomic mass is 32.1. The molecule has 0 aliphatic carbocycles. The summed E-state index contributed by atoms with van der Waals surface area (Å²) in [6.45, 7) is 0.258. The van der Waals surface area contributed by atoms with Crippen LogP contribution in [0, 0.1) is 5.82 Å². The Morgan fingerprint density at radius 3 is 2.81 bits per heavy atom. The predicted molar refractivity (Wildman–Crippen MR) is 61.8 cm³/mol. The van der Waals surface area contributed by atoms with Crippen LogP contribution in [0.4, 0.5) is 4.39 Å². The molecule has 0 atom stereocenters. The summed E-state index contributed by atoms with van der Waals surface area (Å²) >= 11 is 4.63. The van der Waals surface area contributed by atoms with E-state index in [1.807, 2.05) is 0 Å². The molecule has 86 valence electrons. The Bertz CT molecular complexity index is 423. The Hall–Kier alpha value is -1.69. The van der Waals surface area contributed by atoms with E-state index in [2.05, 4.69) is 17.5 Å². The number of benzene rings is 1. The van der Waals surface area contributed by atoms with Gasteiger partial charge >= 0.3 is 0 Å². The predicted octanol–water partition coefficient (Wildman–Crippen LogP) is 0.937. The fourth-order valence-corrected chi connectivity index (χ4v) is 1.18. The summed E-state index contributed by atoms with van der Waals surface area (Å²) in [7, 11) is 0. The van der Waals surface area contributed by atoms with Gasteiger partial charge in [-0.15, -0.1) is 0 Å². The number of amides is 1. The molecule has 1 aromatic carbocycles. The van der Waals surface area contributed by atoms with Gasteiger partial charge in [-0.25, -0.2) is 4.39 Å². The highest BCUT2D eigenvalue weighted by molar-refractivity contribution is 7.80.